The molecule has 0 radical (unpaired) electrons. The minimum absolute atomic E-state index is 0.0816. The molecular formula is C39H43N7O3. The number of hydrogen-bond donors (Lipinski definition) is 4. The number of imidazole rings is 2. The number of methoxy groups -OCH3 is 1. The number of H-pyrrole nitrogens is 2. The summed E-state index contributed by atoms with van der Waals surface area (Å²) in [6.45, 7) is 5.57. The van der Waals surface area contributed by atoms with Crippen LogP contribution in [0.3, 0.4) is 0 Å². The number of aromatic amines is 2. The fourth-order valence-corrected chi connectivity index (χ4v) is 7.61. The van der Waals surface area contributed by atoms with Gasteiger partial charge in [0.15, 0.2) is 0 Å². The number of aromatic nitrogens is 4. The summed E-state index contributed by atoms with van der Waals surface area (Å²) in [6, 6.07) is 21.2. The van der Waals surface area contributed by atoms with E-state index in [1.165, 1.54) is 26.4 Å². The number of likely N-dealkylation sites (tertiary alicyclic amines) is 1. The molecule has 1 spiro atoms. The topological polar surface area (TPSA) is 128 Å². The maximum atomic E-state index is 13.5. The van der Waals surface area contributed by atoms with Gasteiger partial charge in [-0.2, -0.15) is 0 Å². The van der Waals surface area contributed by atoms with Crippen LogP contribution in [0.4, 0.5) is 4.79 Å². The maximum absolute atomic E-state index is 13.5. The summed E-state index contributed by atoms with van der Waals surface area (Å²) in [7, 11) is 1.30. The van der Waals surface area contributed by atoms with E-state index >= 15 is 0 Å². The summed E-state index contributed by atoms with van der Waals surface area (Å²) >= 11 is 0. The van der Waals surface area contributed by atoms with Crippen LogP contribution in [0, 0.1) is 11.3 Å². The van der Waals surface area contributed by atoms with Crippen LogP contribution >= 0.6 is 0 Å². The van der Waals surface area contributed by atoms with Crippen LogP contribution in [0.5, 0.6) is 0 Å². The van der Waals surface area contributed by atoms with Crippen molar-refractivity contribution in [1.82, 2.24) is 35.5 Å². The Kier molecular flexibility index (Phi) is 7.98. The van der Waals surface area contributed by atoms with Crippen molar-refractivity contribution in [1.29, 1.82) is 0 Å². The molecule has 3 unspecified atom stereocenters. The largest absolute Gasteiger partial charge is 0.453 e. The zero-order chi connectivity index (χ0) is 33.7. The van der Waals surface area contributed by atoms with Gasteiger partial charge in [-0.3, -0.25) is 4.79 Å². The van der Waals surface area contributed by atoms with E-state index < -0.39 is 12.1 Å². The second-order valence-corrected chi connectivity index (χ2v) is 14.4. The molecule has 5 aromatic rings. The molecule has 4 heterocycles. The van der Waals surface area contributed by atoms with Gasteiger partial charge in [-0.25, -0.2) is 14.8 Å². The first-order valence-corrected chi connectivity index (χ1v) is 17.4. The van der Waals surface area contributed by atoms with E-state index in [0.29, 0.717) is 18.0 Å². The van der Waals surface area contributed by atoms with Gasteiger partial charge >= 0.3 is 6.09 Å². The number of nitrogens with zero attached hydrogens (tertiary/aromatic N) is 3. The van der Waals surface area contributed by atoms with E-state index in [4.69, 9.17) is 14.7 Å². The lowest BCUT2D eigenvalue weighted by Gasteiger charge is -2.30. The molecule has 1 aliphatic carbocycles. The van der Waals surface area contributed by atoms with Gasteiger partial charge in [0.25, 0.3) is 0 Å². The number of amides is 2. The predicted octanol–water partition coefficient (Wildman–Crippen LogP) is 7.15. The standard InChI is InChI=1S/C39H43N7O3/c1-23(2)34(45-38(48)49-3)37(47)46-16-4-5-33(46)36-41-21-32(44-36)29-13-12-27-17-26(10-11-28(27)18-29)24-6-8-25(9-7-24)31-20-40-35(43-31)30-19-39(14-15-39)22-42-30/h6-13,17-18,20-21,23,30,33-34,42H,4-5,14-16,19,22H2,1-3H3,(H,40,43)(H,41,44)(H,45,48). The summed E-state index contributed by atoms with van der Waals surface area (Å²) in [5.74, 6) is 1.61. The Hall–Kier alpha value is -4.96. The smallest absolute Gasteiger partial charge is 0.407 e. The zero-order valence-corrected chi connectivity index (χ0v) is 28.3. The van der Waals surface area contributed by atoms with Crippen molar-refractivity contribution in [3.05, 3.63) is 84.7 Å². The van der Waals surface area contributed by atoms with Crippen molar-refractivity contribution in [3.8, 4) is 33.6 Å². The van der Waals surface area contributed by atoms with Crippen LogP contribution < -0.4 is 10.6 Å². The number of fused-ring (bicyclic) bond motifs is 1. The minimum Gasteiger partial charge on any atom is -0.453 e. The maximum Gasteiger partial charge on any atom is 0.407 e. The molecule has 3 aromatic carbocycles. The van der Waals surface area contributed by atoms with Gasteiger partial charge in [0.05, 0.1) is 43.0 Å². The number of benzene rings is 3. The van der Waals surface area contributed by atoms with Crippen LogP contribution in [-0.4, -0.2) is 63.1 Å². The molecule has 1 saturated carbocycles. The van der Waals surface area contributed by atoms with Crippen molar-refractivity contribution in [3.63, 3.8) is 0 Å². The molecule has 2 saturated heterocycles. The second kappa shape index (κ2) is 12.5. The number of carbonyl (C=O) groups is 2. The van der Waals surface area contributed by atoms with E-state index in [1.54, 1.807) is 0 Å². The number of alkyl carbamates (subject to hydrolysis) is 1. The number of ether oxygens (including phenoxy) is 1. The van der Waals surface area contributed by atoms with Crippen LogP contribution in [-0.2, 0) is 9.53 Å². The summed E-state index contributed by atoms with van der Waals surface area (Å²) in [4.78, 5) is 43.8. The Bertz CT molecular complexity index is 2010. The van der Waals surface area contributed by atoms with Gasteiger partial charge in [-0.1, -0.05) is 62.4 Å². The van der Waals surface area contributed by atoms with Gasteiger partial charge in [-0.15, -0.1) is 0 Å². The van der Waals surface area contributed by atoms with Crippen molar-refractivity contribution in [2.45, 2.75) is 64.1 Å². The number of hydrogen-bond acceptors (Lipinski definition) is 6. The predicted molar refractivity (Wildman–Crippen MR) is 189 cm³/mol. The lowest BCUT2D eigenvalue weighted by atomic mass is 9.98. The molecule has 3 fully saturated rings. The number of nitrogens with one attached hydrogen (secondary N) is 4. The molecule has 4 N–H and O–H groups in total. The Morgan fingerprint density at radius 2 is 1.51 bits per heavy atom. The lowest BCUT2D eigenvalue weighted by Crippen LogP contribution is -2.51. The lowest BCUT2D eigenvalue weighted by molar-refractivity contribution is -0.135. The Balaban J connectivity index is 0.959. The highest BCUT2D eigenvalue weighted by Gasteiger charge is 2.49. The molecule has 252 valence electrons. The summed E-state index contributed by atoms with van der Waals surface area (Å²) in [6.07, 6.45) is 8.75. The molecule has 3 aliphatic rings. The van der Waals surface area contributed by atoms with Gasteiger partial charge in [0.1, 0.15) is 17.7 Å². The molecule has 8 rings (SSSR count). The molecule has 10 heteroatoms. The summed E-state index contributed by atoms with van der Waals surface area (Å²) in [5, 5.41) is 8.66. The monoisotopic (exact) mass is 657 g/mol. The third-order valence-corrected chi connectivity index (χ3v) is 10.8. The molecule has 0 bridgehead atoms. The van der Waals surface area contributed by atoms with Gasteiger partial charge in [-0.05, 0) is 83.0 Å². The normalized spacial score (nSPS) is 20.3. The molecule has 3 atom stereocenters. The van der Waals surface area contributed by atoms with Crippen molar-refractivity contribution >= 4 is 22.8 Å². The molecule has 2 aliphatic heterocycles. The highest BCUT2D eigenvalue weighted by atomic mass is 16.5. The average Bonchev–Trinajstić information content (AvgIpc) is 3.67. The highest BCUT2D eigenvalue weighted by Crippen LogP contribution is 2.54. The molecular weight excluding hydrogens is 614 g/mol. The first kappa shape index (κ1) is 31.3. The van der Waals surface area contributed by atoms with E-state index in [2.05, 4.69) is 81.3 Å². The van der Waals surface area contributed by atoms with Crippen molar-refractivity contribution in [2.24, 2.45) is 11.3 Å². The number of rotatable bonds is 8. The fraction of sp³-hybridized carbons (Fsp3) is 0.385. The molecule has 2 amide bonds. The third-order valence-electron chi connectivity index (χ3n) is 10.8. The van der Waals surface area contributed by atoms with Gasteiger partial charge in [0.2, 0.25) is 5.91 Å². The highest BCUT2D eigenvalue weighted by molar-refractivity contribution is 5.91. The quantitative estimate of drug-likeness (QED) is 0.140. The van der Waals surface area contributed by atoms with Crippen LogP contribution in [0.1, 0.15) is 69.7 Å². The van der Waals surface area contributed by atoms with Crippen LogP contribution in [0.2, 0.25) is 0 Å². The summed E-state index contributed by atoms with van der Waals surface area (Å²) in [5.41, 5.74) is 6.99. The summed E-state index contributed by atoms with van der Waals surface area (Å²) < 4.78 is 4.76. The number of carbonyl (C=O) groups excluding carboxylic acids is 2. The SMILES string of the molecule is COC(=O)NC(C(=O)N1CCCC1c1ncc(-c2ccc3cc(-c4ccc(-c5cnc(C6CC7(CC7)CN6)[nH]5)cc4)ccc3c2)[nH]1)C(C)C. The fourth-order valence-electron chi connectivity index (χ4n) is 7.61. The van der Waals surface area contributed by atoms with E-state index in [-0.39, 0.29) is 17.9 Å². The third kappa shape index (κ3) is 6.10. The zero-order valence-electron chi connectivity index (χ0n) is 28.3. The average molecular weight is 658 g/mol. The van der Waals surface area contributed by atoms with E-state index in [9.17, 15) is 9.59 Å². The first-order valence-electron chi connectivity index (χ1n) is 17.4. The van der Waals surface area contributed by atoms with Crippen molar-refractivity contribution in [2.75, 3.05) is 20.2 Å². The van der Waals surface area contributed by atoms with Gasteiger partial charge < -0.3 is 30.2 Å². The van der Waals surface area contributed by atoms with Crippen LogP contribution in [0.15, 0.2) is 73.1 Å². The second-order valence-electron chi connectivity index (χ2n) is 14.4. The first-order chi connectivity index (χ1) is 23.8. The minimum atomic E-state index is -0.663. The Morgan fingerprint density at radius 1 is 0.878 bits per heavy atom. The molecule has 10 nitrogen and oxygen atoms in total. The van der Waals surface area contributed by atoms with E-state index in [0.717, 1.165) is 75.4 Å². The molecule has 49 heavy (non-hydrogen) atoms. The van der Waals surface area contributed by atoms with Crippen molar-refractivity contribution < 1.29 is 14.3 Å². The van der Waals surface area contributed by atoms with Crippen LogP contribution in [0.25, 0.3) is 44.4 Å². The Morgan fingerprint density at radius 3 is 2.20 bits per heavy atom. The van der Waals surface area contributed by atoms with Gasteiger partial charge in [0, 0.05) is 18.7 Å². The molecule has 2 aromatic heterocycles. The Labute approximate surface area is 286 Å². The van der Waals surface area contributed by atoms with E-state index in [1.807, 2.05) is 31.1 Å².